The van der Waals surface area contributed by atoms with Gasteiger partial charge < -0.3 is 9.97 Å². The second-order valence-corrected chi connectivity index (χ2v) is 7.69. The molecule has 0 saturated heterocycles. The maximum Gasteiger partial charge on any atom is 0.0687 e. The van der Waals surface area contributed by atoms with E-state index < -0.39 is 0 Å². The van der Waals surface area contributed by atoms with Gasteiger partial charge in [-0.15, -0.1) is 0 Å². The predicted octanol–water partition coefficient (Wildman–Crippen LogP) is 5.52. The molecular formula is C27H34N4. The highest BCUT2D eigenvalue weighted by molar-refractivity contribution is 6.22. The van der Waals surface area contributed by atoms with Crippen LogP contribution in [0.3, 0.4) is 0 Å². The van der Waals surface area contributed by atoms with Crippen LogP contribution in [0.4, 0.5) is 0 Å². The standard InChI is InChI=1S/C25H26N4.2CH4/c1-6-19-8-16(3)24(27-19)12-21-10-18(5)25(29-21)13-22-9-17(4)23(28-22)11-20-7-15(2)14-26-20;;/h6-14,28-29H,1-5H3;2*1H4. The van der Waals surface area contributed by atoms with Crippen molar-refractivity contribution >= 4 is 30.2 Å². The zero-order valence-corrected chi connectivity index (χ0v) is 17.6. The molecule has 0 spiro atoms. The lowest BCUT2D eigenvalue weighted by Gasteiger charge is -1.92. The molecule has 31 heavy (non-hydrogen) atoms. The molecule has 4 heteroatoms. The molecule has 2 aliphatic rings. The Morgan fingerprint density at radius 3 is 2.26 bits per heavy atom. The van der Waals surface area contributed by atoms with Gasteiger partial charge in [0.25, 0.3) is 0 Å². The highest BCUT2D eigenvalue weighted by atomic mass is 14.8. The molecule has 0 bridgehead atoms. The van der Waals surface area contributed by atoms with E-state index in [1.54, 1.807) is 0 Å². The quantitative estimate of drug-likeness (QED) is 0.665. The number of aromatic nitrogens is 2. The lowest BCUT2D eigenvalue weighted by molar-refractivity contribution is 1.24. The van der Waals surface area contributed by atoms with E-state index in [-0.39, 0.29) is 14.9 Å². The molecule has 2 aromatic heterocycles. The van der Waals surface area contributed by atoms with Crippen LogP contribution in [0.2, 0.25) is 0 Å². The van der Waals surface area contributed by atoms with Gasteiger partial charge in [0.05, 0.1) is 17.1 Å². The van der Waals surface area contributed by atoms with Crippen LogP contribution in [0.25, 0.3) is 18.2 Å². The van der Waals surface area contributed by atoms with Crippen LogP contribution >= 0.6 is 0 Å². The summed E-state index contributed by atoms with van der Waals surface area (Å²) >= 11 is 0. The summed E-state index contributed by atoms with van der Waals surface area (Å²) < 4.78 is 0. The predicted molar refractivity (Wildman–Crippen MR) is 137 cm³/mol. The number of aliphatic imine (C=N–C) groups is 2. The van der Waals surface area contributed by atoms with Crippen LogP contribution in [0.5, 0.6) is 0 Å². The Labute approximate surface area is 185 Å². The monoisotopic (exact) mass is 414 g/mol. The molecule has 0 radical (unpaired) electrons. The van der Waals surface area contributed by atoms with Crippen molar-refractivity contribution in [2.45, 2.75) is 49.5 Å². The van der Waals surface area contributed by atoms with E-state index in [1.807, 2.05) is 19.2 Å². The van der Waals surface area contributed by atoms with Gasteiger partial charge in [-0.2, -0.15) is 0 Å². The number of nitrogens with zero attached hydrogens (tertiary/aromatic N) is 2. The molecule has 2 aliphatic heterocycles. The Balaban J connectivity index is 0.00000171. The molecule has 0 saturated carbocycles. The number of rotatable bonds is 3. The van der Waals surface area contributed by atoms with Gasteiger partial charge in [0.1, 0.15) is 0 Å². The number of allylic oxidation sites excluding steroid dienone is 5. The van der Waals surface area contributed by atoms with Gasteiger partial charge in [-0.25, -0.2) is 4.99 Å². The molecule has 4 nitrogen and oxygen atoms in total. The fourth-order valence-corrected chi connectivity index (χ4v) is 3.52. The maximum atomic E-state index is 4.65. The third kappa shape index (κ3) is 5.21. The zero-order valence-electron chi connectivity index (χ0n) is 17.6. The summed E-state index contributed by atoms with van der Waals surface area (Å²) in [5.74, 6) is 0. The summed E-state index contributed by atoms with van der Waals surface area (Å²) in [5, 5.41) is 2.15. The van der Waals surface area contributed by atoms with Gasteiger partial charge >= 0.3 is 0 Å². The topological polar surface area (TPSA) is 56.3 Å². The molecule has 2 N–H and O–H groups in total. The molecule has 0 atom stereocenters. The number of nitrogens with one attached hydrogen (secondary N) is 2. The van der Waals surface area contributed by atoms with Gasteiger partial charge in [0.15, 0.2) is 0 Å². The van der Waals surface area contributed by atoms with Crippen molar-refractivity contribution in [1.29, 1.82) is 0 Å². The smallest absolute Gasteiger partial charge is 0.0687 e. The Bertz CT molecular complexity index is 1280. The average Bonchev–Trinajstić information content (AvgIpc) is 3.41. The normalized spacial score (nSPS) is 18.9. The third-order valence-electron chi connectivity index (χ3n) is 5.14. The Morgan fingerprint density at radius 2 is 1.61 bits per heavy atom. The van der Waals surface area contributed by atoms with E-state index in [0.717, 1.165) is 39.2 Å². The summed E-state index contributed by atoms with van der Waals surface area (Å²) in [6.45, 7) is 10.4. The first-order chi connectivity index (χ1) is 13.9. The Morgan fingerprint density at radius 1 is 0.839 bits per heavy atom. The van der Waals surface area contributed by atoms with E-state index in [9.17, 15) is 0 Å². The highest BCUT2D eigenvalue weighted by Gasteiger charge is 2.08. The van der Waals surface area contributed by atoms with Gasteiger partial charge in [-0.05, 0) is 99.4 Å². The van der Waals surface area contributed by atoms with Gasteiger partial charge in [0, 0.05) is 28.3 Å². The van der Waals surface area contributed by atoms with Crippen molar-refractivity contribution in [3.05, 3.63) is 86.1 Å². The fourth-order valence-electron chi connectivity index (χ4n) is 3.52. The van der Waals surface area contributed by atoms with E-state index in [0.29, 0.717) is 0 Å². The van der Waals surface area contributed by atoms with Crippen molar-refractivity contribution in [1.82, 2.24) is 9.97 Å². The first-order valence-electron chi connectivity index (χ1n) is 9.88. The molecule has 4 heterocycles. The van der Waals surface area contributed by atoms with E-state index in [1.165, 1.54) is 22.3 Å². The maximum absolute atomic E-state index is 4.65. The Kier molecular flexibility index (Phi) is 7.40. The third-order valence-corrected chi connectivity index (χ3v) is 5.14. The van der Waals surface area contributed by atoms with Crippen LogP contribution in [0.1, 0.15) is 58.1 Å². The summed E-state index contributed by atoms with van der Waals surface area (Å²) in [6, 6.07) is 4.33. The zero-order chi connectivity index (χ0) is 20.5. The van der Waals surface area contributed by atoms with Crippen LogP contribution in [-0.4, -0.2) is 21.9 Å². The van der Waals surface area contributed by atoms with Crippen molar-refractivity contribution in [2.24, 2.45) is 9.98 Å². The van der Waals surface area contributed by atoms with Gasteiger partial charge in [0.2, 0.25) is 0 Å². The van der Waals surface area contributed by atoms with Crippen LogP contribution in [-0.2, 0) is 0 Å². The molecule has 0 fully saturated rings. The Hall–Kier alpha value is -3.40. The van der Waals surface area contributed by atoms with Crippen molar-refractivity contribution in [2.75, 3.05) is 0 Å². The summed E-state index contributed by atoms with van der Waals surface area (Å²) in [7, 11) is 0. The average molecular weight is 415 g/mol. The van der Waals surface area contributed by atoms with Crippen LogP contribution in [0.15, 0.2) is 62.9 Å². The van der Waals surface area contributed by atoms with Crippen molar-refractivity contribution < 1.29 is 0 Å². The van der Waals surface area contributed by atoms with Crippen LogP contribution in [0, 0.1) is 13.8 Å². The molecule has 0 aromatic carbocycles. The minimum absolute atomic E-state index is 0. The second-order valence-electron chi connectivity index (χ2n) is 7.69. The SMILES string of the molecule is C.C.CC=C1C=C(C)C(C=c2cc(C)c(=Cc3cc(C)c(C=C4C=C(C)C=N4)[nH]3)[nH]2)=N1. The van der Waals surface area contributed by atoms with E-state index >= 15 is 0 Å². The molecule has 0 unspecified atom stereocenters. The van der Waals surface area contributed by atoms with E-state index in [4.69, 9.17) is 0 Å². The molecule has 162 valence electrons. The number of hydrogen-bond acceptors (Lipinski definition) is 2. The van der Waals surface area contributed by atoms with Crippen LogP contribution < -0.4 is 10.7 Å². The largest absolute Gasteiger partial charge is 0.355 e. The second kappa shape index (κ2) is 9.61. The lowest BCUT2D eigenvalue weighted by Crippen LogP contribution is -2.12. The first kappa shape index (κ1) is 23.9. The summed E-state index contributed by atoms with van der Waals surface area (Å²) in [4.78, 5) is 16.1. The number of aryl methyl sites for hydroxylation is 2. The number of aromatic amines is 2. The van der Waals surface area contributed by atoms with Gasteiger partial charge in [-0.1, -0.05) is 20.9 Å². The first-order valence-corrected chi connectivity index (χ1v) is 9.88. The van der Waals surface area contributed by atoms with Gasteiger partial charge in [-0.3, -0.25) is 4.99 Å². The molecule has 2 aromatic rings. The highest BCUT2D eigenvalue weighted by Crippen LogP contribution is 2.19. The number of hydrogen-bond donors (Lipinski definition) is 2. The lowest BCUT2D eigenvalue weighted by atomic mass is 10.2. The molecule has 4 rings (SSSR count). The van der Waals surface area contributed by atoms with E-state index in [2.05, 4.69) is 90.2 Å². The minimum atomic E-state index is 0. The molecule has 0 amide bonds. The fraction of sp³-hybridized carbons (Fsp3) is 0.259. The molecule has 0 aliphatic carbocycles. The minimum Gasteiger partial charge on any atom is -0.355 e. The summed E-state index contributed by atoms with van der Waals surface area (Å²) in [5.41, 5.74) is 9.93. The molecular weight excluding hydrogens is 380 g/mol. The van der Waals surface area contributed by atoms with Crippen molar-refractivity contribution in [3.63, 3.8) is 0 Å². The number of H-pyrrole nitrogens is 2. The van der Waals surface area contributed by atoms with Crippen molar-refractivity contribution in [3.8, 4) is 0 Å². The summed E-state index contributed by atoms with van der Waals surface area (Å²) in [6.07, 6.45) is 14.5.